The Bertz CT molecular complexity index is 1100. The Balaban J connectivity index is 1.30. The van der Waals surface area contributed by atoms with Crippen molar-refractivity contribution < 1.29 is 28.6 Å². The van der Waals surface area contributed by atoms with Crippen LogP contribution >= 0.6 is 0 Å². The molecule has 2 unspecified atom stereocenters. The normalized spacial score (nSPS) is 19.2. The highest BCUT2D eigenvalue weighted by atomic mass is 19.1. The molecule has 0 aliphatic carbocycles. The summed E-state index contributed by atoms with van der Waals surface area (Å²) in [5.74, 6) is 1.54. The number of imidazole rings is 1. The average molecular weight is 518 g/mol. The lowest BCUT2D eigenvalue weighted by Gasteiger charge is -2.23. The lowest BCUT2D eigenvalue weighted by molar-refractivity contribution is -0.152. The van der Waals surface area contributed by atoms with Gasteiger partial charge in [-0.2, -0.15) is 14.4 Å². The van der Waals surface area contributed by atoms with Crippen molar-refractivity contribution in [3.63, 3.8) is 0 Å². The molecule has 0 radical (unpaired) electrons. The quantitative estimate of drug-likeness (QED) is 0.142. The third-order valence-corrected chi connectivity index (χ3v) is 6.64. The number of hydrogen-bond donors (Lipinski definition) is 2. The largest absolute Gasteiger partial charge is 0.481 e. The van der Waals surface area contributed by atoms with E-state index in [4.69, 9.17) is 26.7 Å². The van der Waals surface area contributed by atoms with Gasteiger partial charge in [0.2, 0.25) is 0 Å². The first-order valence-electron chi connectivity index (χ1n) is 13.0. The Morgan fingerprint density at radius 1 is 1.14 bits per heavy atom. The number of nitrogens with two attached hydrogens (primary N) is 1. The number of aliphatic carboxylic acids is 1. The van der Waals surface area contributed by atoms with Gasteiger partial charge in [0.15, 0.2) is 22.6 Å². The number of rotatable bonds is 16. The number of fused-ring (bicyclic) bond motifs is 1. The number of ether oxygens (including phenoxy) is 2. The molecule has 0 saturated carbocycles. The summed E-state index contributed by atoms with van der Waals surface area (Å²) in [6.07, 6.45) is 17.5. The summed E-state index contributed by atoms with van der Waals surface area (Å²) >= 11 is 0. The van der Waals surface area contributed by atoms with Gasteiger partial charge in [-0.05, 0) is 25.7 Å². The first-order chi connectivity index (χ1) is 17.8. The molecule has 3 rings (SSSR count). The molecule has 2 atom stereocenters. The number of nitrogens with zero attached hydrogens (tertiary/aromatic N) is 4. The molecule has 202 valence electrons. The third-order valence-electron chi connectivity index (χ3n) is 6.64. The summed E-state index contributed by atoms with van der Waals surface area (Å²) in [5.41, 5.74) is 5.16. The number of carboxylic acid groups (broad SMARTS) is 1. The fourth-order valence-corrected chi connectivity index (χ4v) is 4.54. The second-order valence-electron chi connectivity index (χ2n) is 9.54. The van der Waals surface area contributed by atoms with Crippen LogP contribution in [0.25, 0.3) is 11.2 Å². The zero-order valence-electron chi connectivity index (χ0n) is 21.2. The molecule has 0 amide bonds. The lowest BCUT2D eigenvalue weighted by atomic mass is 10.0. The summed E-state index contributed by atoms with van der Waals surface area (Å²) in [4.78, 5) is 34.1. The van der Waals surface area contributed by atoms with Gasteiger partial charge in [-0.15, -0.1) is 6.42 Å². The van der Waals surface area contributed by atoms with Crippen LogP contribution in [0.15, 0.2) is 6.33 Å². The number of esters is 1. The highest BCUT2D eigenvalue weighted by molar-refractivity contribution is 5.81. The molecule has 2 aromatic rings. The van der Waals surface area contributed by atoms with E-state index in [0.29, 0.717) is 19.3 Å². The highest BCUT2D eigenvalue weighted by Crippen LogP contribution is 2.38. The zero-order valence-corrected chi connectivity index (χ0v) is 21.2. The zero-order chi connectivity index (χ0) is 26.7. The maximum atomic E-state index is 13.7. The van der Waals surface area contributed by atoms with Gasteiger partial charge < -0.3 is 20.3 Å². The molecule has 0 spiro atoms. The van der Waals surface area contributed by atoms with Crippen LogP contribution in [0.3, 0.4) is 0 Å². The molecule has 1 aliphatic heterocycles. The third kappa shape index (κ3) is 8.39. The van der Waals surface area contributed by atoms with Crippen LogP contribution in [-0.2, 0) is 19.1 Å². The van der Waals surface area contributed by atoms with E-state index in [0.717, 1.165) is 64.2 Å². The molecule has 3 heterocycles. The molecule has 0 aromatic carbocycles. The highest BCUT2D eigenvalue weighted by Gasteiger charge is 2.41. The van der Waals surface area contributed by atoms with Crippen LogP contribution in [0.5, 0.6) is 0 Å². The number of hydrogen-bond acceptors (Lipinski definition) is 8. The fourth-order valence-electron chi connectivity index (χ4n) is 4.54. The summed E-state index contributed by atoms with van der Waals surface area (Å²) in [7, 11) is 0. The van der Waals surface area contributed by atoms with Crippen LogP contribution < -0.4 is 5.73 Å². The molecule has 11 heteroatoms. The summed E-state index contributed by atoms with van der Waals surface area (Å²) in [6, 6.07) is 0. The second kappa shape index (κ2) is 13.9. The van der Waals surface area contributed by atoms with Crippen molar-refractivity contribution >= 4 is 28.9 Å². The Morgan fingerprint density at radius 2 is 1.76 bits per heavy atom. The molecule has 1 fully saturated rings. The second-order valence-corrected chi connectivity index (χ2v) is 9.54. The molecule has 1 saturated heterocycles. The van der Waals surface area contributed by atoms with Gasteiger partial charge in [-0.3, -0.25) is 14.2 Å². The van der Waals surface area contributed by atoms with E-state index >= 15 is 0 Å². The first kappa shape index (κ1) is 28.3. The van der Waals surface area contributed by atoms with Gasteiger partial charge >= 0.3 is 18.0 Å². The van der Waals surface area contributed by atoms with Gasteiger partial charge in [0.25, 0.3) is 0 Å². The SMILES string of the molecule is C#CC1(COC(=O)CCCCCCCCCCCCC(=O)O)CCC(n2cnc3c(N)nc(F)nc32)O1. The van der Waals surface area contributed by atoms with Crippen LogP contribution in [0, 0.1) is 18.4 Å². The number of terminal acetylenes is 1. The maximum Gasteiger partial charge on any atom is 0.312 e. The Kier molecular flexibility index (Phi) is 10.6. The van der Waals surface area contributed by atoms with Crippen molar-refractivity contribution in [2.24, 2.45) is 0 Å². The molecular weight excluding hydrogens is 481 g/mol. The average Bonchev–Trinajstić information content (AvgIpc) is 3.48. The van der Waals surface area contributed by atoms with E-state index in [1.54, 1.807) is 4.57 Å². The minimum atomic E-state index is -1.07. The fraction of sp³-hybridized carbons (Fsp3) is 0.654. The van der Waals surface area contributed by atoms with E-state index in [1.165, 1.54) is 6.33 Å². The van der Waals surface area contributed by atoms with Crippen LogP contribution in [0.1, 0.15) is 96.1 Å². The molecule has 2 aromatic heterocycles. The predicted molar refractivity (Wildman–Crippen MR) is 135 cm³/mol. The molecular formula is C26H36FN5O5. The minimum Gasteiger partial charge on any atom is -0.481 e. The summed E-state index contributed by atoms with van der Waals surface area (Å²) in [5, 5.41) is 8.62. The molecule has 0 bridgehead atoms. The van der Waals surface area contributed by atoms with Crippen molar-refractivity contribution in [1.82, 2.24) is 19.5 Å². The number of carboxylic acids is 1. The minimum absolute atomic E-state index is 0.0522. The van der Waals surface area contributed by atoms with Crippen LogP contribution in [-0.4, -0.2) is 48.8 Å². The van der Waals surface area contributed by atoms with E-state index in [9.17, 15) is 14.0 Å². The number of aromatic nitrogens is 4. The van der Waals surface area contributed by atoms with Crippen molar-refractivity contribution in [1.29, 1.82) is 0 Å². The number of nitrogen functional groups attached to an aromatic ring is 1. The smallest absolute Gasteiger partial charge is 0.312 e. The standard InChI is InChI=1S/C26H36FN5O5/c1-2-26(16-15-19(37-26)32-18-29-22-23(28)30-25(27)31-24(22)32)17-36-21(35)14-12-10-8-6-4-3-5-7-9-11-13-20(33)34/h1,18-19H,3-17H2,(H,33,34)(H2,28,30,31). The molecule has 10 nitrogen and oxygen atoms in total. The van der Waals surface area contributed by atoms with Gasteiger partial charge in [-0.25, -0.2) is 4.98 Å². The number of anilines is 1. The maximum absolute atomic E-state index is 13.7. The van der Waals surface area contributed by atoms with Gasteiger partial charge in [0, 0.05) is 12.8 Å². The van der Waals surface area contributed by atoms with Crippen molar-refractivity contribution in [3.05, 3.63) is 12.4 Å². The van der Waals surface area contributed by atoms with E-state index in [1.807, 2.05) is 0 Å². The Labute approximate surface area is 216 Å². The van der Waals surface area contributed by atoms with Crippen LogP contribution in [0.4, 0.5) is 10.2 Å². The summed E-state index contributed by atoms with van der Waals surface area (Å²) < 4.78 is 26.7. The van der Waals surface area contributed by atoms with Crippen molar-refractivity contribution in [3.8, 4) is 12.3 Å². The topological polar surface area (TPSA) is 142 Å². The summed E-state index contributed by atoms with van der Waals surface area (Å²) in [6.45, 7) is -0.0522. The number of halogens is 1. The predicted octanol–water partition coefficient (Wildman–Crippen LogP) is 4.54. The van der Waals surface area contributed by atoms with Crippen molar-refractivity contribution in [2.45, 2.75) is 102 Å². The molecule has 1 aliphatic rings. The number of carbonyl (C=O) groups excluding carboxylic acids is 1. The van der Waals surface area contributed by atoms with Gasteiger partial charge in [-0.1, -0.05) is 57.3 Å². The monoisotopic (exact) mass is 517 g/mol. The van der Waals surface area contributed by atoms with E-state index in [-0.39, 0.29) is 36.0 Å². The van der Waals surface area contributed by atoms with E-state index in [2.05, 4.69) is 20.9 Å². The number of carbonyl (C=O) groups is 2. The van der Waals surface area contributed by atoms with Gasteiger partial charge in [0.05, 0.1) is 6.33 Å². The van der Waals surface area contributed by atoms with Crippen molar-refractivity contribution in [2.75, 3.05) is 12.3 Å². The Hall–Kier alpha value is -3.26. The lowest BCUT2D eigenvalue weighted by Crippen LogP contribution is -2.34. The van der Waals surface area contributed by atoms with Crippen LogP contribution in [0.2, 0.25) is 0 Å². The first-order valence-corrected chi connectivity index (χ1v) is 13.0. The molecule has 3 N–H and O–H groups in total. The number of unbranched alkanes of at least 4 members (excludes halogenated alkanes) is 9. The molecule has 37 heavy (non-hydrogen) atoms. The van der Waals surface area contributed by atoms with E-state index < -0.39 is 23.9 Å². The Morgan fingerprint density at radius 3 is 2.38 bits per heavy atom. The van der Waals surface area contributed by atoms with Gasteiger partial charge in [0.1, 0.15) is 12.8 Å².